The summed E-state index contributed by atoms with van der Waals surface area (Å²) in [6, 6.07) is 0. The lowest BCUT2D eigenvalue weighted by molar-refractivity contribution is 0.516. The van der Waals surface area contributed by atoms with Crippen LogP contribution in [-0.2, 0) is 0 Å². The summed E-state index contributed by atoms with van der Waals surface area (Å²) in [4.78, 5) is 0. The first-order valence-electron chi connectivity index (χ1n) is 4.61. The van der Waals surface area contributed by atoms with Crippen molar-refractivity contribution >= 4 is 23.4 Å². The van der Waals surface area contributed by atoms with Crippen LogP contribution in [0.4, 0.5) is 0 Å². The van der Waals surface area contributed by atoms with E-state index in [1.165, 1.54) is 44.3 Å². The van der Waals surface area contributed by atoms with Crippen molar-refractivity contribution in [2.75, 3.05) is 11.6 Å². The van der Waals surface area contributed by atoms with Crippen molar-refractivity contribution in [1.29, 1.82) is 0 Å². The highest BCUT2D eigenvalue weighted by molar-refractivity contribution is 7.99. The van der Waals surface area contributed by atoms with E-state index in [1.807, 2.05) is 0 Å². The van der Waals surface area contributed by atoms with Gasteiger partial charge in [0.2, 0.25) is 0 Å². The molecule has 1 aliphatic rings. The Balaban J connectivity index is 1.96. The molecule has 1 aliphatic carbocycles. The second-order valence-corrected chi connectivity index (χ2v) is 4.96. The van der Waals surface area contributed by atoms with Crippen LogP contribution < -0.4 is 0 Å². The summed E-state index contributed by atoms with van der Waals surface area (Å²) in [6.45, 7) is 0. The molecule has 1 saturated carbocycles. The lowest BCUT2D eigenvalue weighted by Gasteiger charge is -2.20. The van der Waals surface area contributed by atoms with Gasteiger partial charge in [0.05, 0.1) is 0 Å². The second kappa shape index (κ2) is 6.19. The molecule has 0 aromatic heterocycles. The molecule has 11 heavy (non-hydrogen) atoms. The monoisotopic (exact) mass is 192 g/mol. The molecule has 0 atom stereocenters. The van der Waals surface area contributed by atoms with Crippen molar-refractivity contribution in [3.8, 4) is 0 Å². The van der Waals surface area contributed by atoms with Gasteiger partial charge in [0.1, 0.15) is 0 Å². The van der Waals surface area contributed by atoms with Gasteiger partial charge in [-0.15, -0.1) is 11.6 Å². The van der Waals surface area contributed by atoms with Crippen LogP contribution in [0.3, 0.4) is 0 Å². The first kappa shape index (κ1) is 9.73. The summed E-state index contributed by atoms with van der Waals surface area (Å²) in [7, 11) is 0. The van der Waals surface area contributed by atoms with Crippen LogP contribution in [0.25, 0.3) is 0 Å². The molecule has 0 N–H and O–H groups in total. The highest BCUT2D eigenvalue weighted by atomic mass is 35.5. The minimum absolute atomic E-state index is 0.833. The Hall–Kier alpha value is 0.640. The van der Waals surface area contributed by atoms with E-state index in [9.17, 15) is 0 Å². The summed E-state index contributed by atoms with van der Waals surface area (Å²) < 4.78 is 0. The van der Waals surface area contributed by atoms with Crippen LogP contribution in [0.15, 0.2) is 0 Å². The Morgan fingerprint density at radius 1 is 1.18 bits per heavy atom. The number of halogens is 1. The van der Waals surface area contributed by atoms with Gasteiger partial charge in [0.25, 0.3) is 0 Å². The van der Waals surface area contributed by atoms with Crippen molar-refractivity contribution in [1.82, 2.24) is 0 Å². The predicted molar refractivity (Wildman–Crippen MR) is 54.7 cm³/mol. The molecular weight excluding hydrogens is 176 g/mol. The van der Waals surface area contributed by atoms with Gasteiger partial charge >= 0.3 is 0 Å². The number of alkyl halides is 1. The molecule has 0 radical (unpaired) electrons. The summed E-state index contributed by atoms with van der Waals surface area (Å²) in [6.07, 6.45) is 8.46. The zero-order chi connectivity index (χ0) is 7.94. The number of thioether (sulfide) groups is 1. The maximum absolute atomic E-state index is 5.61. The van der Waals surface area contributed by atoms with E-state index in [2.05, 4.69) is 11.8 Å². The predicted octanol–water partition coefficient (Wildman–Crippen LogP) is 3.68. The summed E-state index contributed by atoms with van der Waals surface area (Å²) in [5.74, 6) is 2.11. The SMILES string of the molecule is ClCCCSC1CCCCC1. The van der Waals surface area contributed by atoms with Gasteiger partial charge in [-0.2, -0.15) is 11.8 Å². The van der Waals surface area contributed by atoms with Crippen molar-refractivity contribution in [3.63, 3.8) is 0 Å². The van der Waals surface area contributed by atoms with Crippen molar-refractivity contribution in [3.05, 3.63) is 0 Å². The van der Waals surface area contributed by atoms with E-state index in [0.717, 1.165) is 11.1 Å². The van der Waals surface area contributed by atoms with Crippen LogP contribution in [0.2, 0.25) is 0 Å². The Morgan fingerprint density at radius 2 is 1.91 bits per heavy atom. The second-order valence-electron chi connectivity index (χ2n) is 3.17. The average Bonchev–Trinajstić information content (AvgIpc) is 2.07. The van der Waals surface area contributed by atoms with E-state index in [-0.39, 0.29) is 0 Å². The molecular formula is C9H17ClS. The molecule has 0 aliphatic heterocycles. The molecule has 0 heterocycles. The number of hydrogen-bond donors (Lipinski definition) is 0. The Labute approximate surface area is 79.1 Å². The van der Waals surface area contributed by atoms with Crippen LogP contribution in [-0.4, -0.2) is 16.9 Å². The Morgan fingerprint density at radius 3 is 2.55 bits per heavy atom. The molecule has 2 heteroatoms. The fraction of sp³-hybridized carbons (Fsp3) is 1.00. The van der Waals surface area contributed by atoms with Crippen molar-refractivity contribution in [2.24, 2.45) is 0 Å². The zero-order valence-electron chi connectivity index (χ0n) is 7.02. The maximum Gasteiger partial charge on any atom is 0.0231 e. The maximum atomic E-state index is 5.61. The van der Waals surface area contributed by atoms with Crippen LogP contribution in [0.1, 0.15) is 38.5 Å². The third kappa shape index (κ3) is 4.27. The normalized spacial score (nSPS) is 20.5. The summed E-state index contributed by atoms with van der Waals surface area (Å²) >= 11 is 7.74. The van der Waals surface area contributed by atoms with E-state index in [4.69, 9.17) is 11.6 Å². The van der Waals surface area contributed by atoms with Gasteiger partial charge in [-0.3, -0.25) is 0 Å². The third-order valence-corrected chi connectivity index (χ3v) is 3.92. The molecule has 0 amide bonds. The highest BCUT2D eigenvalue weighted by Crippen LogP contribution is 2.28. The van der Waals surface area contributed by atoms with E-state index in [0.29, 0.717) is 0 Å². The minimum Gasteiger partial charge on any atom is -0.159 e. The minimum atomic E-state index is 0.833. The zero-order valence-corrected chi connectivity index (χ0v) is 8.59. The molecule has 66 valence electrons. The van der Waals surface area contributed by atoms with Crippen LogP contribution in [0.5, 0.6) is 0 Å². The fourth-order valence-electron chi connectivity index (χ4n) is 1.54. The smallest absolute Gasteiger partial charge is 0.0231 e. The van der Waals surface area contributed by atoms with Crippen LogP contribution in [0, 0.1) is 0 Å². The summed E-state index contributed by atoms with van der Waals surface area (Å²) in [5.41, 5.74) is 0. The Kier molecular flexibility index (Phi) is 5.47. The van der Waals surface area contributed by atoms with Gasteiger partial charge in [-0.1, -0.05) is 19.3 Å². The molecule has 0 aromatic carbocycles. The van der Waals surface area contributed by atoms with Crippen LogP contribution >= 0.6 is 23.4 Å². The Bertz CT molecular complexity index is 89.6. The first-order valence-corrected chi connectivity index (χ1v) is 6.19. The van der Waals surface area contributed by atoms with Gasteiger partial charge in [0.15, 0.2) is 0 Å². The van der Waals surface area contributed by atoms with Crippen molar-refractivity contribution < 1.29 is 0 Å². The first-order chi connectivity index (χ1) is 5.43. The van der Waals surface area contributed by atoms with Gasteiger partial charge in [-0.05, 0) is 25.0 Å². The largest absolute Gasteiger partial charge is 0.159 e. The van der Waals surface area contributed by atoms with E-state index < -0.39 is 0 Å². The highest BCUT2D eigenvalue weighted by Gasteiger charge is 2.12. The summed E-state index contributed by atoms with van der Waals surface area (Å²) in [5, 5.41) is 0.965. The van der Waals surface area contributed by atoms with E-state index >= 15 is 0 Å². The quantitative estimate of drug-likeness (QED) is 0.484. The fourth-order valence-corrected chi connectivity index (χ4v) is 3.14. The topological polar surface area (TPSA) is 0 Å². The van der Waals surface area contributed by atoms with Gasteiger partial charge in [-0.25, -0.2) is 0 Å². The lowest BCUT2D eigenvalue weighted by atomic mass is 10.0. The molecule has 0 bridgehead atoms. The third-order valence-electron chi connectivity index (χ3n) is 2.18. The average molecular weight is 193 g/mol. The van der Waals surface area contributed by atoms with Crippen molar-refractivity contribution in [2.45, 2.75) is 43.8 Å². The van der Waals surface area contributed by atoms with Gasteiger partial charge in [0, 0.05) is 11.1 Å². The standard InChI is InChI=1S/C9H17ClS/c10-7-4-8-11-9-5-2-1-3-6-9/h9H,1-8H2. The molecule has 0 spiro atoms. The molecule has 1 fully saturated rings. The molecule has 0 aromatic rings. The number of rotatable bonds is 4. The van der Waals surface area contributed by atoms with E-state index in [1.54, 1.807) is 0 Å². The number of hydrogen-bond acceptors (Lipinski definition) is 1. The van der Waals surface area contributed by atoms with Gasteiger partial charge < -0.3 is 0 Å². The molecule has 0 saturated heterocycles. The molecule has 0 nitrogen and oxygen atoms in total. The molecule has 1 rings (SSSR count). The lowest BCUT2D eigenvalue weighted by Crippen LogP contribution is -2.08. The molecule has 0 unspecified atom stereocenters.